The summed E-state index contributed by atoms with van der Waals surface area (Å²) < 4.78 is 1.83. The smallest absolute Gasteiger partial charge is 0.151 e. The molecule has 2 rings (SSSR count). The van der Waals surface area contributed by atoms with Crippen LogP contribution in [0.5, 0.6) is 0 Å². The highest BCUT2D eigenvalue weighted by atomic mass is 16.3. The van der Waals surface area contributed by atoms with Crippen molar-refractivity contribution >= 4 is 0 Å². The van der Waals surface area contributed by atoms with Crippen molar-refractivity contribution in [1.29, 1.82) is 0 Å². The summed E-state index contributed by atoms with van der Waals surface area (Å²) in [6, 6.07) is 0. The number of aryl methyl sites for hydroxylation is 2. The van der Waals surface area contributed by atoms with Gasteiger partial charge in [-0.1, -0.05) is 0 Å². The molecule has 66 valence electrons. The number of tetrazole rings is 1. The van der Waals surface area contributed by atoms with Crippen LogP contribution in [0.2, 0.25) is 0 Å². The lowest BCUT2D eigenvalue weighted by Gasteiger charge is -2.07. The molecule has 12 heavy (non-hydrogen) atoms. The second-order valence-corrected chi connectivity index (χ2v) is 3.19. The maximum atomic E-state index is 8.97. The zero-order chi connectivity index (χ0) is 8.39. The van der Waals surface area contributed by atoms with Crippen molar-refractivity contribution in [2.24, 2.45) is 5.92 Å². The highest BCUT2D eigenvalue weighted by Gasteiger charge is 2.16. The minimum absolute atomic E-state index is 0.276. The van der Waals surface area contributed by atoms with Crippen molar-refractivity contribution in [3.8, 4) is 0 Å². The van der Waals surface area contributed by atoms with Gasteiger partial charge in [-0.2, -0.15) is 0 Å². The highest BCUT2D eigenvalue weighted by Crippen LogP contribution is 2.16. The molecule has 1 aliphatic rings. The zero-order valence-corrected chi connectivity index (χ0v) is 6.85. The lowest BCUT2D eigenvalue weighted by Crippen LogP contribution is -2.07. The predicted molar refractivity (Wildman–Crippen MR) is 41.3 cm³/mol. The molecule has 1 atom stereocenters. The van der Waals surface area contributed by atoms with Crippen molar-refractivity contribution in [3.63, 3.8) is 0 Å². The van der Waals surface area contributed by atoms with E-state index in [1.54, 1.807) is 0 Å². The van der Waals surface area contributed by atoms with E-state index in [9.17, 15) is 0 Å². The number of hydrogen-bond donors (Lipinski definition) is 1. The molecule has 0 saturated carbocycles. The number of aliphatic hydroxyl groups excluding tert-OH is 1. The number of aliphatic hydroxyl groups is 1. The van der Waals surface area contributed by atoms with Crippen LogP contribution >= 0.6 is 0 Å². The minimum Gasteiger partial charge on any atom is -0.396 e. The van der Waals surface area contributed by atoms with Gasteiger partial charge in [0.2, 0.25) is 0 Å². The van der Waals surface area contributed by atoms with Gasteiger partial charge in [-0.3, -0.25) is 0 Å². The number of nitrogens with zero attached hydrogens (tertiary/aromatic N) is 4. The molecule has 5 nitrogen and oxygen atoms in total. The van der Waals surface area contributed by atoms with Crippen LogP contribution in [0.3, 0.4) is 0 Å². The second-order valence-electron chi connectivity index (χ2n) is 3.19. The van der Waals surface area contributed by atoms with E-state index in [0.29, 0.717) is 5.92 Å². The van der Waals surface area contributed by atoms with Gasteiger partial charge in [0.1, 0.15) is 0 Å². The summed E-state index contributed by atoms with van der Waals surface area (Å²) in [5.74, 6) is 1.36. The van der Waals surface area contributed by atoms with Crippen LogP contribution in [0.4, 0.5) is 0 Å². The van der Waals surface area contributed by atoms with E-state index in [-0.39, 0.29) is 6.61 Å². The topological polar surface area (TPSA) is 63.8 Å². The molecule has 0 amide bonds. The highest BCUT2D eigenvalue weighted by molar-refractivity contribution is 4.84. The van der Waals surface area contributed by atoms with Gasteiger partial charge in [0.05, 0.1) is 0 Å². The molecule has 0 spiro atoms. The van der Waals surface area contributed by atoms with Gasteiger partial charge in [0.25, 0.3) is 0 Å². The fraction of sp³-hybridized carbons (Fsp3) is 0.857. The summed E-state index contributed by atoms with van der Waals surface area (Å²) >= 11 is 0. The Kier molecular flexibility index (Phi) is 2.03. The van der Waals surface area contributed by atoms with Crippen LogP contribution in [0.15, 0.2) is 0 Å². The summed E-state index contributed by atoms with van der Waals surface area (Å²) in [6.07, 6.45) is 2.86. The monoisotopic (exact) mass is 168 g/mol. The van der Waals surface area contributed by atoms with E-state index >= 15 is 0 Å². The first-order valence-corrected chi connectivity index (χ1v) is 4.26. The SMILES string of the molecule is OC[C@H]1CCc2nnnn2CC1. The van der Waals surface area contributed by atoms with Crippen LogP contribution in [0.25, 0.3) is 0 Å². The average molecular weight is 168 g/mol. The van der Waals surface area contributed by atoms with Crippen LogP contribution in [0.1, 0.15) is 18.7 Å². The third-order valence-electron chi connectivity index (χ3n) is 2.39. The molecular weight excluding hydrogens is 156 g/mol. The van der Waals surface area contributed by atoms with Gasteiger partial charge in [-0.25, -0.2) is 4.68 Å². The fourth-order valence-electron chi connectivity index (χ4n) is 1.54. The van der Waals surface area contributed by atoms with E-state index in [1.165, 1.54) is 0 Å². The lowest BCUT2D eigenvalue weighted by atomic mass is 10.0. The van der Waals surface area contributed by atoms with Gasteiger partial charge in [-0.15, -0.1) is 5.10 Å². The van der Waals surface area contributed by atoms with Crippen molar-refractivity contribution in [3.05, 3.63) is 5.82 Å². The fourth-order valence-corrected chi connectivity index (χ4v) is 1.54. The number of hydrogen-bond acceptors (Lipinski definition) is 4. The maximum absolute atomic E-state index is 8.97. The van der Waals surface area contributed by atoms with Gasteiger partial charge in [0.15, 0.2) is 5.82 Å². The quantitative estimate of drug-likeness (QED) is 0.620. The van der Waals surface area contributed by atoms with Gasteiger partial charge >= 0.3 is 0 Å². The molecule has 0 aromatic carbocycles. The number of fused-ring (bicyclic) bond motifs is 1. The van der Waals surface area contributed by atoms with E-state index < -0.39 is 0 Å². The van der Waals surface area contributed by atoms with Crippen molar-refractivity contribution in [1.82, 2.24) is 20.2 Å². The summed E-state index contributed by atoms with van der Waals surface area (Å²) in [7, 11) is 0. The molecule has 5 heteroatoms. The third kappa shape index (κ3) is 1.32. The Morgan fingerprint density at radius 1 is 1.50 bits per heavy atom. The predicted octanol–water partition coefficient (Wildman–Crippen LogP) is -0.382. The Labute approximate surface area is 70.4 Å². The molecule has 0 unspecified atom stereocenters. The van der Waals surface area contributed by atoms with E-state index in [2.05, 4.69) is 15.5 Å². The number of rotatable bonds is 1. The third-order valence-corrected chi connectivity index (χ3v) is 2.39. The molecule has 1 aromatic rings. The molecule has 1 N–H and O–H groups in total. The molecule has 0 aliphatic carbocycles. The Balaban J connectivity index is 2.10. The van der Waals surface area contributed by atoms with Crippen LogP contribution in [-0.4, -0.2) is 31.9 Å². The van der Waals surface area contributed by atoms with E-state index in [4.69, 9.17) is 5.11 Å². The molecule has 0 bridgehead atoms. The first kappa shape index (κ1) is 7.67. The molecule has 1 aliphatic heterocycles. The summed E-state index contributed by atoms with van der Waals surface area (Å²) in [4.78, 5) is 0. The summed E-state index contributed by atoms with van der Waals surface area (Å²) in [5.41, 5.74) is 0. The Morgan fingerprint density at radius 3 is 3.25 bits per heavy atom. The van der Waals surface area contributed by atoms with Crippen molar-refractivity contribution < 1.29 is 5.11 Å². The second kappa shape index (κ2) is 3.18. The molecule has 1 aromatic heterocycles. The summed E-state index contributed by atoms with van der Waals surface area (Å²) in [5, 5.41) is 20.3. The largest absolute Gasteiger partial charge is 0.396 e. The maximum Gasteiger partial charge on any atom is 0.151 e. The van der Waals surface area contributed by atoms with Crippen LogP contribution in [-0.2, 0) is 13.0 Å². The van der Waals surface area contributed by atoms with Crippen molar-refractivity contribution in [2.75, 3.05) is 6.61 Å². The van der Waals surface area contributed by atoms with Crippen LogP contribution in [0, 0.1) is 5.92 Å². The average Bonchev–Trinajstić information content (AvgIpc) is 2.46. The first-order chi connectivity index (χ1) is 5.90. The molecule has 0 fully saturated rings. The zero-order valence-electron chi connectivity index (χ0n) is 6.85. The summed E-state index contributed by atoms with van der Waals surface area (Å²) in [6.45, 7) is 1.12. The van der Waals surface area contributed by atoms with Gasteiger partial charge in [0, 0.05) is 19.6 Å². The van der Waals surface area contributed by atoms with Crippen LogP contribution < -0.4 is 0 Å². The van der Waals surface area contributed by atoms with Gasteiger partial charge in [-0.05, 0) is 29.2 Å². The Hall–Kier alpha value is -0.970. The Bertz CT molecular complexity index is 237. The Morgan fingerprint density at radius 2 is 2.42 bits per heavy atom. The normalized spacial score (nSPS) is 23.2. The molecule has 0 saturated heterocycles. The van der Waals surface area contributed by atoms with E-state index in [0.717, 1.165) is 31.6 Å². The number of aromatic nitrogens is 4. The van der Waals surface area contributed by atoms with E-state index in [1.807, 2.05) is 4.68 Å². The van der Waals surface area contributed by atoms with Gasteiger partial charge < -0.3 is 5.11 Å². The molecule has 0 radical (unpaired) electrons. The first-order valence-electron chi connectivity index (χ1n) is 4.26. The minimum atomic E-state index is 0.276. The van der Waals surface area contributed by atoms with Crippen molar-refractivity contribution in [2.45, 2.75) is 25.8 Å². The molecule has 2 heterocycles. The lowest BCUT2D eigenvalue weighted by molar-refractivity contribution is 0.210. The molecular formula is C7H12N4O. The standard InChI is InChI=1S/C7H12N4O/c12-5-6-1-2-7-8-9-10-11(7)4-3-6/h6,12H,1-5H2/t6-/m0/s1.